The number of hydrogen-bond donors (Lipinski definition) is 1. The van der Waals surface area contributed by atoms with E-state index in [1.165, 1.54) is 64.6 Å². The van der Waals surface area contributed by atoms with Crippen LogP contribution in [-0.2, 0) is 0 Å². The van der Waals surface area contributed by atoms with Gasteiger partial charge in [-0.1, -0.05) is 11.6 Å². The molecule has 25 rings (SSSR count). The summed E-state index contributed by atoms with van der Waals surface area (Å²) in [4.78, 5) is 169. The Morgan fingerprint density at radius 3 is 0.965 bits per heavy atom. The van der Waals surface area contributed by atoms with Gasteiger partial charge in [0.2, 0.25) is 29.1 Å². The number of methoxy groups -OCH3 is 4. The molecule has 0 spiro atoms. The van der Waals surface area contributed by atoms with Crippen LogP contribution in [0.2, 0.25) is 5.02 Å². The molecule has 17 fully saturated rings. The van der Waals surface area contributed by atoms with E-state index in [1.54, 1.807) is 68.6 Å². The second-order valence-corrected chi connectivity index (χ2v) is 41.8. The predicted octanol–water partition coefficient (Wildman–Crippen LogP) is 9.18. The average Bonchev–Trinajstić information content (AvgIpc) is 0.750. The van der Waals surface area contributed by atoms with Crippen molar-refractivity contribution in [1.29, 1.82) is 0 Å². The Labute approximate surface area is 830 Å². The number of aromatic nitrogens is 10. The second-order valence-electron chi connectivity index (χ2n) is 41.4. The summed E-state index contributed by atoms with van der Waals surface area (Å²) in [7, 11) is 5.97. The van der Waals surface area contributed by atoms with Crippen molar-refractivity contribution >= 4 is 64.0 Å². The van der Waals surface area contributed by atoms with Crippen LogP contribution in [0.3, 0.4) is 0 Å². The maximum absolute atomic E-state index is 13.7. The Hall–Kier alpha value is -11.5. The fraction of sp³-hybridized carbons (Fsp3) is 0.583. The van der Waals surface area contributed by atoms with Crippen LogP contribution >= 0.6 is 11.6 Å². The Kier molecular flexibility index (Phi) is 32.1. The van der Waals surface area contributed by atoms with E-state index in [0.29, 0.717) is 171 Å². The van der Waals surface area contributed by atoms with Gasteiger partial charge >= 0.3 is 0 Å². The predicted molar refractivity (Wildman–Crippen MR) is 530 cm³/mol. The van der Waals surface area contributed by atoms with E-state index in [9.17, 15) is 42.7 Å². The summed E-state index contributed by atoms with van der Waals surface area (Å²) in [5, 5.41) is 0.373. The van der Waals surface area contributed by atoms with Crippen molar-refractivity contribution in [3.8, 4) is 23.5 Å². The van der Waals surface area contributed by atoms with Crippen molar-refractivity contribution in [2.24, 2.45) is 0 Å². The lowest BCUT2D eigenvalue weighted by Crippen LogP contribution is -2.70. The van der Waals surface area contributed by atoms with Crippen LogP contribution in [0.4, 0.5) is 4.39 Å². The number of hydrogen-bond acceptors (Lipinski definition) is 28. The summed E-state index contributed by atoms with van der Waals surface area (Å²) < 4.78 is 33.5. The highest BCUT2D eigenvalue weighted by Crippen LogP contribution is 2.42. The highest BCUT2D eigenvalue weighted by molar-refractivity contribution is 6.32. The molecular formula is C103H138ClFN24O12. The minimum Gasteiger partial charge on any atom is -0.481 e. The molecule has 36 nitrogen and oxygen atoms in total. The Bertz CT molecular complexity index is 5520. The molecule has 756 valence electrons. The number of amides is 7. The van der Waals surface area contributed by atoms with Gasteiger partial charge in [-0.05, 0) is 184 Å². The van der Waals surface area contributed by atoms with E-state index < -0.39 is 5.82 Å². The number of carbonyl (C=O) groups is 7. The lowest BCUT2D eigenvalue weighted by atomic mass is 9.86. The van der Waals surface area contributed by atoms with Crippen molar-refractivity contribution in [3.05, 3.63) is 183 Å². The monoisotopic (exact) mass is 1960 g/mol. The molecule has 0 saturated carbocycles. The topological polar surface area (TPSA) is 351 Å². The summed E-state index contributed by atoms with van der Waals surface area (Å²) in [6, 6.07) is 23.4. The number of piperidine rings is 7. The third kappa shape index (κ3) is 22.2. The number of nitrogens with zero attached hydrogens (tertiary/aromatic N) is 23. The Balaban J connectivity index is 0.000000119. The van der Waals surface area contributed by atoms with Crippen LogP contribution in [-0.4, -0.2) is 407 Å². The van der Waals surface area contributed by atoms with Crippen LogP contribution in [0.1, 0.15) is 215 Å². The molecule has 1 aromatic carbocycles. The molecule has 38 heteroatoms. The van der Waals surface area contributed by atoms with Crippen molar-refractivity contribution in [2.45, 2.75) is 269 Å². The summed E-state index contributed by atoms with van der Waals surface area (Å²) >= 11 is 6.06. The largest absolute Gasteiger partial charge is 0.481 e. The standard InChI is InChI=1S/C17H20N4O.C15H20ClN3O2.C15H20FN3O2.C15H21N3O2.C14H20N4O2.C14H19N3O2.C13H18N4O/c1-11(2)20-9-13-8-14(10-20)21(13)17(22)12-3-4-15-16(7-12)19-6-5-18-15;2*1-9(2)18-7-11-5-12(8-18)19(11)15(20)10-4-13(16)14(21-3)17-6-10;1-10(2)17-8-12-6-13(9-17)18(12)15(19)11-4-5-14(20-3)16-7-11;1-9(2)17-7-10-4-11(8-17)18(10)14(19)12-5-16-13(20-3)6-15-12;1-9(2)16-7-11-5-12(8-16)17(11)14(19)10-3-4-13(18)15-6-10;1-9(2)16-6-11-3-12(7-16)17(11)13(18)10-4-14-8-15-5-10/h3-7,11,13-14H,8-10H2,1-2H3;2*4,6,9,11-12H,5,7-8H2,1-3H3;4-5,7,10,12-13H,6,8-9H2,1-3H3;5-6,9-11H,4,7-8H2,1-3H3;3-4,6,9,11-12H,5,7-8H2,1-2H3,(H,15,18);4-5,8-9,11-12H,3,6-7H2,1-2H3. The lowest BCUT2D eigenvalue weighted by Gasteiger charge is -2.57. The number of pyridine rings is 4. The molecule has 14 unspecified atom stereocenters. The second kappa shape index (κ2) is 44.2. The zero-order chi connectivity index (χ0) is 100. The van der Waals surface area contributed by atoms with E-state index in [2.05, 4.69) is 186 Å². The zero-order valence-electron chi connectivity index (χ0n) is 84.5. The third-order valence-electron chi connectivity index (χ3n) is 30.6. The van der Waals surface area contributed by atoms with Crippen LogP contribution in [0.5, 0.6) is 23.5 Å². The molecule has 8 aromatic rings. The first kappa shape index (κ1) is 102. The number of ether oxygens (including phenoxy) is 4. The Morgan fingerprint density at radius 1 is 0.319 bits per heavy atom. The fourth-order valence-electron chi connectivity index (χ4n) is 22.4. The number of carbonyl (C=O) groups excluding carboxylic acids is 7. The van der Waals surface area contributed by atoms with E-state index in [0.717, 1.165) is 153 Å². The summed E-state index contributed by atoms with van der Waals surface area (Å²) in [5.41, 5.74) is 5.22. The number of H-pyrrole nitrogens is 1. The maximum atomic E-state index is 13.7. The van der Waals surface area contributed by atoms with Gasteiger partial charge in [0, 0.05) is 286 Å². The van der Waals surface area contributed by atoms with Gasteiger partial charge in [0.15, 0.2) is 5.82 Å². The normalized spacial score (nSPS) is 25.5. The SMILES string of the molecule is CC(C)N1CC2CC(C1)N2C(=O)c1ccc(=O)[nH]c1.CC(C)N1CC2CC(C1)N2C(=O)c1ccc2nccnc2c1.CC(C)N1CC2CC(C1)N2C(=O)c1cncnc1.COc1ccc(C(=O)N2C3CC2CN(C(C)C)C3)cn1.COc1cnc(C(=O)N2C3CC2CN(C(C)C)C3)cn1.COc1ncc(C(=O)N2C3CC2CN(C(C)C)C3)cc1Cl.COc1ncc(C(=O)N2C3CC2CN(C(C)C)C3)cc1F. The molecule has 141 heavy (non-hydrogen) atoms. The first-order valence-corrected chi connectivity index (χ1v) is 50.3. The number of likely N-dealkylation sites (tertiary alicyclic amines) is 8. The van der Waals surface area contributed by atoms with Gasteiger partial charge in [0.1, 0.15) is 17.0 Å². The van der Waals surface area contributed by atoms with Gasteiger partial charge < -0.3 is 58.2 Å². The summed E-state index contributed by atoms with van der Waals surface area (Å²) in [6.07, 6.45) is 24.8. The van der Waals surface area contributed by atoms with Gasteiger partial charge in [-0.3, -0.25) is 82.6 Å². The highest BCUT2D eigenvalue weighted by Gasteiger charge is 2.55. The number of fused-ring (bicyclic) bond motifs is 15. The average molecular weight is 1960 g/mol. The maximum Gasteiger partial charge on any atom is 0.274 e. The number of rotatable bonds is 18. The molecule has 0 aliphatic carbocycles. The van der Waals surface area contributed by atoms with Gasteiger partial charge in [-0.15, -0.1) is 0 Å². The van der Waals surface area contributed by atoms with Crippen molar-refractivity contribution in [1.82, 2.24) is 118 Å². The number of aromatic amines is 1. The molecule has 7 amide bonds. The van der Waals surface area contributed by atoms with Crippen LogP contribution < -0.4 is 24.5 Å². The van der Waals surface area contributed by atoms with Gasteiger partial charge in [-0.2, -0.15) is 0 Å². The van der Waals surface area contributed by atoms with Gasteiger partial charge in [0.25, 0.3) is 41.4 Å². The first-order valence-electron chi connectivity index (χ1n) is 49.9. The number of piperazine rings is 7. The van der Waals surface area contributed by atoms with Crippen LogP contribution in [0.25, 0.3) is 11.0 Å². The van der Waals surface area contributed by atoms with E-state index in [-0.39, 0.29) is 64.9 Å². The molecule has 1 N–H and O–H groups in total. The number of nitrogens with one attached hydrogen (secondary N) is 1. The highest BCUT2D eigenvalue weighted by atomic mass is 35.5. The van der Waals surface area contributed by atoms with Gasteiger partial charge in [-0.25, -0.2) is 39.3 Å². The van der Waals surface area contributed by atoms with Crippen molar-refractivity contribution in [2.75, 3.05) is 120 Å². The quantitative estimate of drug-likeness (QED) is 0.0836. The molecule has 7 aromatic heterocycles. The molecule has 17 aliphatic heterocycles. The zero-order valence-corrected chi connectivity index (χ0v) is 85.2. The van der Waals surface area contributed by atoms with E-state index in [1.807, 2.05) is 47.6 Å². The van der Waals surface area contributed by atoms with Crippen LogP contribution in [0.15, 0.2) is 128 Å². The first-order chi connectivity index (χ1) is 67.6. The summed E-state index contributed by atoms with van der Waals surface area (Å²) in [6.45, 7) is 44.3. The minimum absolute atomic E-state index is 0.00944. The summed E-state index contributed by atoms with van der Waals surface area (Å²) in [5.74, 6) is 0.883. The molecule has 24 heterocycles. The number of benzene rings is 1. The lowest BCUT2D eigenvalue weighted by molar-refractivity contribution is -0.0568. The molecule has 17 saturated heterocycles. The van der Waals surface area contributed by atoms with Crippen molar-refractivity contribution in [3.63, 3.8) is 0 Å². The smallest absolute Gasteiger partial charge is 0.274 e. The van der Waals surface area contributed by atoms with Crippen LogP contribution in [0, 0.1) is 5.82 Å². The molecule has 17 aliphatic rings. The third-order valence-corrected chi connectivity index (χ3v) is 30.9. The van der Waals surface area contributed by atoms with Gasteiger partial charge in [0.05, 0.1) is 79.7 Å². The fourth-order valence-corrected chi connectivity index (χ4v) is 22.6. The Morgan fingerprint density at radius 2 is 0.638 bits per heavy atom. The molecule has 14 atom stereocenters. The van der Waals surface area contributed by atoms with E-state index >= 15 is 0 Å². The minimum atomic E-state index is -0.599. The number of halogens is 2. The van der Waals surface area contributed by atoms with E-state index in [4.69, 9.17) is 30.5 Å². The molecular weight excluding hydrogens is 1820 g/mol. The molecule has 14 bridgehead atoms. The molecule has 0 radical (unpaired) electrons. The van der Waals surface area contributed by atoms with Crippen molar-refractivity contribution < 1.29 is 56.9 Å².